The Morgan fingerprint density at radius 1 is 1.42 bits per heavy atom. The summed E-state index contributed by atoms with van der Waals surface area (Å²) in [5.74, 6) is 0.551. The van der Waals surface area contributed by atoms with Gasteiger partial charge in [-0.25, -0.2) is 4.98 Å². The molecule has 0 unspecified atom stereocenters. The van der Waals surface area contributed by atoms with Crippen molar-refractivity contribution < 1.29 is 5.11 Å². The third-order valence-corrected chi connectivity index (χ3v) is 3.91. The zero-order valence-electron chi connectivity index (χ0n) is 11.0. The van der Waals surface area contributed by atoms with E-state index in [4.69, 9.17) is 11.0 Å². The average Bonchev–Trinajstić information content (AvgIpc) is 2.47. The maximum atomic E-state index is 9.64. The Labute approximate surface area is 113 Å². The first-order valence-corrected chi connectivity index (χ1v) is 6.69. The number of nitrogens with one attached hydrogen (secondary N) is 1. The van der Waals surface area contributed by atoms with Crippen LogP contribution in [0.4, 0.5) is 11.5 Å². The Bertz CT molecular complexity index is 475. The summed E-state index contributed by atoms with van der Waals surface area (Å²) in [4.78, 5) is 4.16. The fourth-order valence-corrected chi connectivity index (χ4v) is 2.67. The Morgan fingerprint density at radius 2 is 2.16 bits per heavy atom. The quantitative estimate of drug-likeness (QED) is 0.768. The lowest BCUT2D eigenvalue weighted by Gasteiger charge is -2.35. The number of aromatic nitrogens is 1. The number of hydrogen-bond acceptors (Lipinski definition) is 5. The molecule has 1 fully saturated rings. The normalized spacial score (nSPS) is 17.7. The maximum Gasteiger partial charge on any atom is 0.144 e. The topological polar surface area (TPSA) is 95.0 Å². The van der Waals surface area contributed by atoms with Gasteiger partial charge in [0.2, 0.25) is 0 Å². The van der Waals surface area contributed by atoms with E-state index in [-0.39, 0.29) is 12.0 Å². The van der Waals surface area contributed by atoms with E-state index >= 15 is 0 Å². The summed E-state index contributed by atoms with van der Waals surface area (Å²) in [6.45, 7) is 0.825. The number of rotatable bonds is 4. The number of nitrogen functional groups attached to an aromatic ring is 1. The predicted octanol–water partition coefficient (Wildman–Crippen LogP) is 1.89. The summed E-state index contributed by atoms with van der Waals surface area (Å²) in [6, 6.07) is 3.70. The van der Waals surface area contributed by atoms with Gasteiger partial charge in [-0.1, -0.05) is 19.3 Å². The number of nitriles is 1. The first kappa shape index (κ1) is 13.6. The number of anilines is 2. The lowest BCUT2D eigenvalue weighted by molar-refractivity contribution is 0.0943. The molecule has 0 saturated heterocycles. The molecule has 0 spiro atoms. The van der Waals surface area contributed by atoms with Gasteiger partial charge in [-0.15, -0.1) is 0 Å². The first-order valence-electron chi connectivity index (χ1n) is 6.69. The van der Waals surface area contributed by atoms with E-state index in [1.165, 1.54) is 12.6 Å². The van der Waals surface area contributed by atoms with E-state index in [9.17, 15) is 5.11 Å². The van der Waals surface area contributed by atoms with Crippen molar-refractivity contribution in [2.75, 3.05) is 24.2 Å². The number of pyridine rings is 1. The SMILES string of the molecule is N#Cc1cc(N)cnc1NCC1(CO)CCCCC1. The highest BCUT2D eigenvalue weighted by Gasteiger charge is 2.31. The number of aliphatic hydroxyl groups excluding tert-OH is 1. The van der Waals surface area contributed by atoms with Crippen molar-refractivity contribution in [1.82, 2.24) is 4.98 Å². The maximum absolute atomic E-state index is 9.64. The Kier molecular flexibility index (Phi) is 4.23. The molecule has 1 heterocycles. The van der Waals surface area contributed by atoms with Gasteiger partial charge in [0, 0.05) is 12.0 Å². The lowest BCUT2D eigenvalue weighted by atomic mass is 9.74. The molecule has 0 radical (unpaired) electrons. The standard InChI is InChI=1S/C14H20N4O/c15-7-11-6-12(16)8-17-13(11)18-9-14(10-19)4-2-1-3-5-14/h6,8,19H,1-5,9-10,16H2,(H,17,18). The van der Waals surface area contributed by atoms with Crippen LogP contribution in [0.5, 0.6) is 0 Å². The third-order valence-electron chi connectivity index (χ3n) is 3.91. The van der Waals surface area contributed by atoms with Crippen LogP contribution >= 0.6 is 0 Å². The number of hydrogen-bond donors (Lipinski definition) is 3. The molecule has 1 aliphatic carbocycles. The molecule has 1 aromatic heterocycles. The molecule has 0 bridgehead atoms. The second-order valence-corrected chi connectivity index (χ2v) is 5.35. The van der Waals surface area contributed by atoms with Crippen LogP contribution in [0.1, 0.15) is 37.7 Å². The molecule has 5 heteroatoms. The van der Waals surface area contributed by atoms with Crippen molar-refractivity contribution in [3.05, 3.63) is 17.8 Å². The molecular weight excluding hydrogens is 240 g/mol. The third kappa shape index (κ3) is 3.15. The summed E-state index contributed by atoms with van der Waals surface area (Å²) in [6.07, 6.45) is 7.13. The summed E-state index contributed by atoms with van der Waals surface area (Å²) in [5.41, 5.74) is 6.47. The van der Waals surface area contributed by atoms with Crippen molar-refractivity contribution >= 4 is 11.5 Å². The number of nitrogens with zero attached hydrogens (tertiary/aromatic N) is 2. The van der Waals surface area contributed by atoms with Gasteiger partial charge in [0.1, 0.15) is 11.9 Å². The second kappa shape index (κ2) is 5.89. The molecule has 0 aromatic carbocycles. The van der Waals surface area contributed by atoms with Gasteiger partial charge >= 0.3 is 0 Å². The second-order valence-electron chi connectivity index (χ2n) is 5.35. The van der Waals surface area contributed by atoms with Crippen LogP contribution in [-0.2, 0) is 0 Å². The van der Waals surface area contributed by atoms with Gasteiger partial charge < -0.3 is 16.2 Å². The van der Waals surface area contributed by atoms with Crippen molar-refractivity contribution in [2.45, 2.75) is 32.1 Å². The minimum Gasteiger partial charge on any atom is -0.397 e. The minimum absolute atomic E-state index is 0.0754. The molecule has 0 atom stereocenters. The highest BCUT2D eigenvalue weighted by atomic mass is 16.3. The highest BCUT2D eigenvalue weighted by molar-refractivity contribution is 5.57. The zero-order chi connectivity index (χ0) is 13.7. The van der Waals surface area contributed by atoms with Crippen LogP contribution in [0.2, 0.25) is 0 Å². The molecule has 2 rings (SSSR count). The van der Waals surface area contributed by atoms with E-state index in [2.05, 4.69) is 16.4 Å². The van der Waals surface area contributed by atoms with Gasteiger partial charge in [0.25, 0.3) is 0 Å². The van der Waals surface area contributed by atoms with E-state index in [1.54, 1.807) is 6.07 Å². The van der Waals surface area contributed by atoms with Crippen molar-refractivity contribution in [3.63, 3.8) is 0 Å². The molecule has 19 heavy (non-hydrogen) atoms. The van der Waals surface area contributed by atoms with E-state index < -0.39 is 0 Å². The summed E-state index contributed by atoms with van der Waals surface area (Å²) >= 11 is 0. The number of aliphatic hydroxyl groups is 1. The van der Waals surface area contributed by atoms with E-state index in [1.807, 2.05) is 0 Å². The van der Waals surface area contributed by atoms with Crippen LogP contribution in [0, 0.1) is 16.7 Å². The molecule has 4 N–H and O–H groups in total. The van der Waals surface area contributed by atoms with Crippen molar-refractivity contribution in [3.8, 4) is 6.07 Å². The van der Waals surface area contributed by atoms with Crippen molar-refractivity contribution in [2.24, 2.45) is 5.41 Å². The molecule has 1 aromatic rings. The molecule has 0 aliphatic heterocycles. The summed E-state index contributed by atoms with van der Waals surface area (Å²) < 4.78 is 0. The van der Waals surface area contributed by atoms with Crippen LogP contribution in [0.3, 0.4) is 0 Å². The molecule has 1 aliphatic rings. The molecule has 102 valence electrons. The molecule has 0 amide bonds. The van der Waals surface area contributed by atoms with E-state index in [0.29, 0.717) is 23.6 Å². The largest absolute Gasteiger partial charge is 0.397 e. The van der Waals surface area contributed by atoms with E-state index in [0.717, 1.165) is 25.7 Å². The fourth-order valence-electron chi connectivity index (χ4n) is 2.67. The first-order chi connectivity index (χ1) is 9.19. The summed E-state index contributed by atoms with van der Waals surface area (Å²) in [7, 11) is 0. The van der Waals surface area contributed by atoms with Gasteiger partial charge in [-0.2, -0.15) is 5.26 Å². The van der Waals surface area contributed by atoms with Crippen molar-refractivity contribution in [1.29, 1.82) is 5.26 Å². The monoisotopic (exact) mass is 260 g/mol. The van der Waals surface area contributed by atoms with Crippen LogP contribution in [0.15, 0.2) is 12.3 Å². The fraction of sp³-hybridized carbons (Fsp3) is 0.571. The predicted molar refractivity (Wildman–Crippen MR) is 74.5 cm³/mol. The van der Waals surface area contributed by atoms with Gasteiger partial charge in [0.15, 0.2) is 0 Å². The molecule has 5 nitrogen and oxygen atoms in total. The van der Waals surface area contributed by atoms with Gasteiger partial charge in [-0.3, -0.25) is 0 Å². The van der Waals surface area contributed by atoms with Gasteiger partial charge in [-0.05, 0) is 18.9 Å². The smallest absolute Gasteiger partial charge is 0.144 e. The van der Waals surface area contributed by atoms with Crippen LogP contribution in [-0.4, -0.2) is 23.2 Å². The Morgan fingerprint density at radius 3 is 2.79 bits per heavy atom. The molecule has 1 saturated carbocycles. The minimum atomic E-state index is -0.0754. The van der Waals surface area contributed by atoms with Gasteiger partial charge in [0.05, 0.1) is 24.1 Å². The lowest BCUT2D eigenvalue weighted by Crippen LogP contribution is -2.35. The van der Waals surface area contributed by atoms with Crippen LogP contribution < -0.4 is 11.1 Å². The average molecular weight is 260 g/mol. The molecular formula is C14H20N4O. The zero-order valence-corrected chi connectivity index (χ0v) is 11.0. The number of nitrogens with two attached hydrogens (primary N) is 1. The Hall–Kier alpha value is -1.80. The summed E-state index contributed by atoms with van der Waals surface area (Å²) in [5, 5.41) is 21.9. The highest BCUT2D eigenvalue weighted by Crippen LogP contribution is 2.36. The Balaban J connectivity index is 2.07. The van der Waals surface area contributed by atoms with Crippen LogP contribution in [0.25, 0.3) is 0 Å².